The Labute approximate surface area is 172 Å². The van der Waals surface area contributed by atoms with Crippen LogP contribution >= 0.6 is 0 Å². The van der Waals surface area contributed by atoms with Crippen molar-refractivity contribution >= 4 is 22.5 Å². The molecule has 1 N–H and O–H groups in total. The lowest BCUT2D eigenvalue weighted by Crippen LogP contribution is -2.43. The Kier molecular flexibility index (Phi) is 5.74. The summed E-state index contributed by atoms with van der Waals surface area (Å²) >= 11 is 0. The number of nitrogens with one attached hydrogen (secondary N) is 1. The van der Waals surface area contributed by atoms with Crippen molar-refractivity contribution in [1.82, 2.24) is 9.88 Å². The molecule has 3 aromatic rings. The van der Waals surface area contributed by atoms with E-state index in [2.05, 4.69) is 28.9 Å². The number of methoxy groups -OCH3 is 1. The van der Waals surface area contributed by atoms with Crippen LogP contribution < -0.4 is 9.64 Å². The molecule has 1 saturated heterocycles. The number of amides is 1. The van der Waals surface area contributed by atoms with E-state index in [1.165, 1.54) is 5.69 Å². The van der Waals surface area contributed by atoms with Gasteiger partial charge in [-0.2, -0.15) is 0 Å². The summed E-state index contributed by atoms with van der Waals surface area (Å²) in [6, 6.07) is 18.3. The Morgan fingerprint density at radius 3 is 2.72 bits per heavy atom. The number of hydrogen-bond donors (Lipinski definition) is 1. The molecule has 1 aromatic heterocycles. The summed E-state index contributed by atoms with van der Waals surface area (Å²) in [5.41, 5.74) is 2.91. The van der Waals surface area contributed by atoms with Crippen LogP contribution in [0.3, 0.4) is 0 Å². The second-order valence-electron chi connectivity index (χ2n) is 7.77. The maximum absolute atomic E-state index is 13.1. The second kappa shape index (κ2) is 8.60. The number of aromatic nitrogens is 1. The highest BCUT2D eigenvalue weighted by molar-refractivity contribution is 5.98. The SMILES string of the molecule is CCN(CC1CCCN(c2ccc(OC)cc2)C1)C(=O)c1cc2ccccc2[nH]1. The van der Waals surface area contributed by atoms with Gasteiger partial charge in [0, 0.05) is 42.8 Å². The number of ether oxygens (including phenoxy) is 1. The summed E-state index contributed by atoms with van der Waals surface area (Å²) in [5, 5.41) is 1.08. The zero-order valence-corrected chi connectivity index (χ0v) is 17.2. The first-order chi connectivity index (χ1) is 14.2. The molecule has 0 bridgehead atoms. The minimum Gasteiger partial charge on any atom is -0.497 e. The third kappa shape index (κ3) is 4.24. The first-order valence-corrected chi connectivity index (χ1v) is 10.4. The van der Waals surface area contributed by atoms with Crippen LogP contribution in [0.5, 0.6) is 5.75 Å². The smallest absolute Gasteiger partial charge is 0.270 e. The fourth-order valence-electron chi connectivity index (χ4n) is 4.27. The summed E-state index contributed by atoms with van der Waals surface area (Å²) in [7, 11) is 1.69. The van der Waals surface area contributed by atoms with Gasteiger partial charge in [-0.05, 0) is 62.1 Å². The van der Waals surface area contributed by atoms with Crippen LogP contribution in [0.1, 0.15) is 30.3 Å². The average molecular weight is 392 g/mol. The summed E-state index contributed by atoms with van der Waals surface area (Å²) in [4.78, 5) is 20.8. The van der Waals surface area contributed by atoms with Gasteiger partial charge in [0.15, 0.2) is 0 Å². The molecule has 1 aliphatic rings. The van der Waals surface area contributed by atoms with E-state index in [-0.39, 0.29) is 5.91 Å². The molecule has 0 saturated carbocycles. The number of hydrogen-bond acceptors (Lipinski definition) is 3. The van der Waals surface area contributed by atoms with Crippen LogP contribution in [0.15, 0.2) is 54.6 Å². The highest BCUT2D eigenvalue weighted by Gasteiger charge is 2.25. The van der Waals surface area contributed by atoms with Crippen LogP contribution in [0.25, 0.3) is 10.9 Å². The summed E-state index contributed by atoms with van der Waals surface area (Å²) < 4.78 is 5.27. The molecular formula is C24H29N3O2. The Bertz CT molecular complexity index is 931. The van der Waals surface area contributed by atoms with Crippen molar-refractivity contribution in [3.8, 4) is 5.75 Å². The fourth-order valence-corrected chi connectivity index (χ4v) is 4.27. The van der Waals surface area contributed by atoms with Crippen molar-refractivity contribution < 1.29 is 9.53 Å². The third-order valence-electron chi connectivity index (χ3n) is 5.86. The van der Waals surface area contributed by atoms with Gasteiger partial charge in [-0.3, -0.25) is 4.79 Å². The minimum absolute atomic E-state index is 0.0882. The Hall–Kier alpha value is -2.95. The van der Waals surface area contributed by atoms with Gasteiger partial charge >= 0.3 is 0 Å². The molecule has 1 aliphatic heterocycles. The number of aromatic amines is 1. The van der Waals surface area contributed by atoms with Gasteiger partial charge < -0.3 is 19.5 Å². The van der Waals surface area contributed by atoms with Gasteiger partial charge in [-0.25, -0.2) is 0 Å². The Balaban J connectivity index is 1.43. The standard InChI is InChI=1S/C24H29N3O2/c1-3-26(24(28)23-15-19-8-4-5-9-22(19)25-23)16-18-7-6-14-27(17-18)20-10-12-21(29-2)13-11-20/h4-5,8-13,15,18,25H,3,6-7,14,16-17H2,1-2H3. The molecule has 5 heteroatoms. The quantitative estimate of drug-likeness (QED) is 0.670. The molecule has 1 fully saturated rings. The normalized spacial score (nSPS) is 16.8. The predicted octanol–water partition coefficient (Wildman–Crippen LogP) is 4.56. The van der Waals surface area contributed by atoms with Gasteiger partial charge in [-0.15, -0.1) is 0 Å². The Morgan fingerprint density at radius 2 is 2.00 bits per heavy atom. The number of nitrogens with zero attached hydrogens (tertiary/aromatic N) is 2. The maximum atomic E-state index is 13.1. The molecule has 1 atom stereocenters. The molecule has 152 valence electrons. The van der Waals surface area contributed by atoms with Crippen LogP contribution in [0, 0.1) is 5.92 Å². The number of fused-ring (bicyclic) bond motifs is 1. The van der Waals surface area contributed by atoms with Gasteiger partial charge in [0.2, 0.25) is 0 Å². The lowest BCUT2D eigenvalue weighted by molar-refractivity contribution is 0.0727. The predicted molar refractivity (Wildman–Crippen MR) is 118 cm³/mol. The van der Waals surface area contributed by atoms with Crippen LogP contribution in [-0.4, -0.2) is 49.1 Å². The van der Waals surface area contributed by atoms with Crippen LogP contribution in [0.2, 0.25) is 0 Å². The van der Waals surface area contributed by atoms with Crippen LogP contribution in [0.4, 0.5) is 5.69 Å². The highest BCUT2D eigenvalue weighted by Crippen LogP contribution is 2.26. The van der Waals surface area contributed by atoms with E-state index in [4.69, 9.17) is 4.74 Å². The van der Waals surface area contributed by atoms with Crippen molar-refractivity contribution in [1.29, 1.82) is 0 Å². The number of anilines is 1. The topological polar surface area (TPSA) is 48.6 Å². The summed E-state index contributed by atoms with van der Waals surface area (Å²) in [5.74, 6) is 1.44. The maximum Gasteiger partial charge on any atom is 0.270 e. The van der Waals surface area contributed by atoms with Gasteiger partial charge in [0.25, 0.3) is 5.91 Å². The van der Waals surface area contributed by atoms with E-state index in [1.54, 1.807) is 7.11 Å². The van der Waals surface area contributed by atoms with Crippen molar-refractivity contribution in [3.05, 3.63) is 60.3 Å². The van der Waals surface area contributed by atoms with E-state index in [0.29, 0.717) is 18.2 Å². The molecule has 4 rings (SSSR count). The van der Waals surface area contributed by atoms with Gasteiger partial charge in [0.1, 0.15) is 11.4 Å². The molecule has 29 heavy (non-hydrogen) atoms. The largest absolute Gasteiger partial charge is 0.497 e. The molecule has 2 heterocycles. The minimum atomic E-state index is 0.0882. The first kappa shape index (κ1) is 19.4. The number of carbonyl (C=O) groups excluding carboxylic acids is 1. The van der Waals surface area contributed by atoms with Gasteiger partial charge in [-0.1, -0.05) is 18.2 Å². The third-order valence-corrected chi connectivity index (χ3v) is 5.86. The van der Waals surface area contributed by atoms with Crippen molar-refractivity contribution in [2.75, 3.05) is 38.2 Å². The highest BCUT2D eigenvalue weighted by atomic mass is 16.5. The molecule has 1 amide bonds. The molecule has 0 spiro atoms. The lowest BCUT2D eigenvalue weighted by Gasteiger charge is -2.36. The first-order valence-electron chi connectivity index (χ1n) is 10.4. The lowest BCUT2D eigenvalue weighted by atomic mass is 9.96. The van der Waals surface area contributed by atoms with E-state index >= 15 is 0 Å². The summed E-state index contributed by atoms with van der Waals surface area (Å²) in [6.45, 7) is 5.60. The number of H-pyrrole nitrogens is 1. The molecular weight excluding hydrogens is 362 g/mol. The summed E-state index contributed by atoms with van der Waals surface area (Å²) in [6.07, 6.45) is 2.30. The average Bonchev–Trinajstić information content (AvgIpc) is 3.21. The van der Waals surface area contributed by atoms with Gasteiger partial charge in [0.05, 0.1) is 7.11 Å². The molecule has 1 unspecified atom stereocenters. The Morgan fingerprint density at radius 1 is 1.21 bits per heavy atom. The molecule has 5 nitrogen and oxygen atoms in total. The monoisotopic (exact) mass is 391 g/mol. The zero-order chi connectivity index (χ0) is 20.2. The number of carbonyl (C=O) groups is 1. The van der Waals surface area contributed by atoms with E-state index < -0.39 is 0 Å². The number of rotatable bonds is 6. The number of para-hydroxylation sites is 1. The molecule has 0 radical (unpaired) electrons. The number of benzene rings is 2. The molecule has 0 aliphatic carbocycles. The van der Waals surface area contributed by atoms with E-state index in [0.717, 1.165) is 49.1 Å². The van der Waals surface area contributed by atoms with E-state index in [1.807, 2.05) is 47.4 Å². The van der Waals surface area contributed by atoms with Crippen molar-refractivity contribution in [3.63, 3.8) is 0 Å². The van der Waals surface area contributed by atoms with Crippen molar-refractivity contribution in [2.45, 2.75) is 19.8 Å². The van der Waals surface area contributed by atoms with Crippen LogP contribution in [-0.2, 0) is 0 Å². The second-order valence-corrected chi connectivity index (χ2v) is 7.77. The zero-order valence-electron chi connectivity index (χ0n) is 17.2. The van der Waals surface area contributed by atoms with Crippen molar-refractivity contribution in [2.24, 2.45) is 5.92 Å². The number of piperidine rings is 1. The fraction of sp³-hybridized carbons (Fsp3) is 0.375. The van der Waals surface area contributed by atoms with E-state index in [9.17, 15) is 4.79 Å². The molecule has 2 aromatic carbocycles.